The highest BCUT2D eigenvalue weighted by Crippen LogP contribution is 2.41. The number of rotatable bonds is 7. The summed E-state index contributed by atoms with van der Waals surface area (Å²) in [5.41, 5.74) is 1.53. The number of hydrogen-bond acceptors (Lipinski definition) is 6. The molecule has 174 valence electrons. The van der Waals surface area contributed by atoms with Gasteiger partial charge >= 0.3 is 0 Å². The number of nitrogens with one attached hydrogen (secondary N) is 1. The van der Waals surface area contributed by atoms with Crippen molar-refractivity contribution in [1.29, 1.82) is 0 Å². The van der Waals surface area contributed by atoms with Gasteiger partial charge in [-0.3, -0.25) is 5.10 Å². The van der Waals surface area contributed by atoms with Crippen LogP contribution in [0.1, 0.15) is 11.7 Å². The predicted molar refractivity (Wildman–Crippen MR) is 126 cm³/mol. The Kier molecular flexibility index (Phi) is 5.72. The van der Waals surface area contributed by atoms with Crippen molar-refractivity contribution in [2.75, 3.05) is 20.8 Å². The highest BCUT2D eigenvalue weighted by atomic mass is 35.5. The first kappa shape index (κ1) is 22.0. The van der Waals surface area contributed by atoms with Crippen LogP contribution in [-0.4, -0.2) is 67.3 Å². The van der Waals surface area contributed by atoms with Crippen LogP contribution in [0, 0.1) is 5.82 Å². The zero-order valence-corrected chi connectivity index (χ0v) is 19.4. The van der Waals surface area contributed by atoms with E-state index in [0.717, 1.165) is 0 Å². The SMILES string of the molecule is COCC(C=[N+]1C=CN=C1)c1nc(-c2c(-n3ccnc3)c3cc(OC)c(Cl)c(F)c3n2C)n[nH]1. The number of benzene rings is 1. The maximum absolute atomic E-state index is 15.4. The fourth-order valence-electron chi connectivity index (χ4n) is 4.04. The molecule has 0 spiro atoms. The summed E-state index contributed by atoms with van der Waals surface area (Å²) in [5.74, 6) is 0.386. The maximum Gasteiger partial charge on any atom is 0.290 e. The van der Waals surface area contributed by atoms with Crippen molar-refractivity contribution in [2.45, 2.75) is 5.92 Å². The highest BCUT2D eigenvalue weighted by molar-refractivity contribution is 6.33. The average molecular weight is 484 g/mol. The number of hydrogen-bond donors (Lipinski definition) is 1. The summed E-state index contributed by atoms with van der Waals surface area (Å²) < 4.78 is 31.3. The first-order valence-electron chi connectivity index (χ1n) is 10.3. The van der Waals surface area contributed by atoms with E-state index in [2.05, 4.69) is 20.2 Å². The number of aliphatic imine (C=N–C) groups is 1. The molecule has 1 N–H and O–H groups in total. The van der Waals surface area contributed by atoms with Crippen molar-refractivity contribution in [3.8, 4) is 23.0 Å². The van der Waals surface area contributed by atoms with Crippen LogP contribution in [0.15, 0.2) is 42.2 Å². The number of fused-ring (bicyclic) bond motifs is 1. The van der Waals surface area contributed by atoms with E-state index in [9.17, 15) is 0 Å². The predicted octanol–water partition coefficient (Wildman–Crippen LogP) is 3.28. The topological polar surface area (TPSA) is 98.2 Å². The smallest absolute Gasteiger partial charge is 0.290 e. The zero-order valence-electron chi connectivity index (χ0n) is 18.6. The molecule has 1 unspecified atom stereocenters. The molecule has 4 aromatic rings. The number of aromatic nitrogens is 6. The van der Waals surface area contributed by atoms with Gasteiger partial charge in [-0.25, -0.2) is 18.9 Å². The standard InChI is InChI=1S/C22H21ClFN8O2/c1-30-18-14(8-15(34-3)16(23)17(18)24)19(32-7-5-26-12-32)20(30)22-27-21(28-29-22)13(10-33-2)9-31-6-4-25-11-31/h4-9,11-13H,10H2,1-3H3,(H,27,28,29)/q+1. The van der Waals surface area contributed by atoms with Crippen molar-refractivity contribution in [3.63, 3.8) is 0 Å². The number of aromatic amines is 1. The van der Waals surface area contributed by atoms with E-state index in [-0.39, 0.29) is 16.7 Å². The Balaban J connectivity index is 1.71. The molecule has 3 aromatic heterocycles. The molecule has 1 aliphatic heterocycles. The number of aryl methyl sites for hydroxylation is 1. The molecule has 0 aliphatic carbocycles. The third-order valence-electron chi connectivity index (χ3n) is 5.57. The maximum atomic E-state index is 15.4. The normalized spacial score (nSPS) is 15.1. The van der Waals surface area contributed by atoms with E-state index >= 15 is 4.39 Å². The van der Waals surface area contributed by atoms with Crippen LogP contribution < -0.4 is 4.74 Å². The van der Waals surface area contributed by atoms with Crippen molar-refractivity contribution >= 4 is 35.1 Å². The number of methoxy groups -OCH3 is 2. The molecule has 0 amide bonds. The minimum Gasteiger partial charge on any atom is -0.495 e. The van der Waals surface area contributed by atoms with Crippen molar-refractivity contribution < 1.29 is 18.4 Å². The van der Waals surface area contributed by atoms with Crippen LogP contribution in [-0.2, 0) is 11.8 Å². The fourth-order valence-corrected chi connectivity index (χ4v) is 4.26. The lowest BCUT2D eigenvalue weighted by Gasteiger charge is -2.07. The Labute approximate surface area is 198 Å². The molecular formula is C22H21ClFN8O2+. The summed E-state index contributed by atoms with van der Waals surface area (Å²) >= 11 is 6.23. The largest absolute Gasteiger partial charge is 0.495 e. The quantitative estimate of drug-likeness (QED) is 0.407. The van der Waals surface area contributed by atoms with Gasteiger partial charge in [0, 0.05) is 31.9 Å². The molecule has 10 nitrogen and oxygen atoms in total. The van der Waals surface area contributed by atoms with Crippen LogP contribution in [0.2, 0.25) is 5.02 Å². The Morgan fingerprint density at radius 3 is 2.88 bits per heavy atom. The van der Waals surface area contributed by atoms with Crippen LogP contribution in [0.25, 0.3) is 28.1 Å². The second kappa shape index (κ2) is 8.84. The van der Waals surface area contributed by atoms with E-state index in [0.29, 0.717) is 40.5 Å². The van der Waals surface area contributed by atoms with Crippen LogP contribution in [0.3, 0.4) is 0 Å². The number of imidazole rings is 1. The summed E-state index contributed by atoms with van der Waals surface area (Å²) in [4.78, 5) is 13.0. The fraction of sp³-hybridized carbons (Fsp3) is 0.227. The van der Waals surface area contributed by atoms with Crippen molar-refractivity contribution in [2.24, 2.45) is 12.0 Å². The van der Waals surface area contributed by atoms with Gasteiger partial charge in [-0.15, -0.1) is 0 Å². The Morgan fingerprint density at radius 1 is 1.35 bits per heavy atom. The van der Waals surface area contributed by atoms with Crippen molar-refractivity contribution in [3.05, 3.63) is 53.9 Å². The summed E-state index contributed by atoms with van der Waals surface area (Å²) in [6, 6.07) is 1.70. The van der Waals surface area contributed by atoms with Gasteiger partial charge in [0.1, 0.15) is 28.5 Å². The summed E-state index contributed by atoms with van der Waals surface area (Å²) in [5, 5.41) is 7.96. The number of ether oxygens (including phenoxy) is 2. The third-order valence-corrected chi connectivity index (χ3v) is 5.92. The van der Waals surface area contributed by atoms with Gasteiger partial charge in [0.2, 0.25) is 0 Å². The average Bonchev–Trinajstić information content (AvgIpc) is 3.63. The lowest BCUT2D eigenvalue weighted by atomic mass is 10.1. The number of nitrogens with zero attached hydrogens (tertiary/aromatic N) is 7. The third kappa shape index (κ3) is 3.58. The Morgan fingerprint density at radius 2 is 2.21 bits per heavy atom. The second-order valence-electron chi connectivity index (χ2n) is 7.59. The summed E-state index contributed by atoms with van der Waals surface area (Å²) in [6.45, 7) is 0.373. The molecule has 1 aromatic carbocycles. The van der Waals surface area contributed by atoms with Gasteiger partial charge < -0.3 is 18.6 Å². The molecule has 1 atom stereocenters. The molecule has 12 heteroatoms. The molecule has 0 bridgehead atoms. The molecule has 4 heterocycles. The van der Waals surface area contributed by atoms with Gasteiger partial charge in [0.15, 0.2) is 17.8 Å². The summed E-state index contributed by atoms with van der Waals surface area (Å²) in [6.07, 6.45) is 12.2. The molecular weight excluding hydrogens is 463 g/mol. The van der Waals surface area contributed by atoms with Gasteiger partial charge in [-0.05, 0) is 6.07 Å². The van der Waals surface area contributed by atoms with Crippen LogP contribution >= 0.6 is 11.6 Å². The molecule has 0 saturated heterocycles. The van der Waals surface area contributed by atoms with E-state index in [1.807, 2.05) is 17.0 Å². The minimum atomic E-state index is -0.590. The molecule has 1 aliphatic rings. The molecule has 0 saturated carbocycles. The highest BCUT2D eigenvalue weighted by Gasteiger charge is 2.27. The molecule has 5 rings (SSSR count). The van der Waals surface area contributed by atoms with E-state index in [1.165, 1.54) is 7.11 Å². The van der Waals surface area contributed by atoms with Gasteiger partial charge in [0.25, 0.3) is 6.34 Å². The van der Waals surface area contributed by atoms with Crippen LogP contribution in [0.5, 0.6) is 5.75 Å². The van der Waals surface area contributed by atoms with Gasteiger partial charge in [-0.2, -0.15) is 5.10 Å². The zero-order chi connectivity index (χ0) is 23.8. The van der Waals surface area contributed by atoms with E-state index < -0.39 is 5.82 Å². The van der Waals surface area contributed by atoms with Gasteiger partial charge in [-0.1, -0.05) is 16.6 Å². The lowest BCUT2D eigenvalue weighted by molar-refractivity contribution is -0.305. The Bertz CT molecular complexity index is 1440. The monoisotopic (exact) mass is 483 g/mol. The van der Waals surface area contributed by atoms with E-state index in [4.69, 9.17) is 26.1 Å². The molecule has 0 fully saturated rings. The van der Waals surface area contributed by atoms with Crippen LogP contribution in [0.4, 0.5) is 4.39 Å². The minimum absolute atomic E-state index is 0.0925. The molecule has 0 radical (unpaired) electrons. The Hall–Kier alpha value is -3.83. The molecule has 34 heavy (non-hydrogen) atoms. The first-order valence-corrected chi connectivity index (χ1v) is 10.7. The van der Waals surface area contributed by atoms with E-state index in [1.54, 1.807) is 60.6 Å². The summed E-state index contributed by atoms with van der Waals surface area (Å²) in [7, 11) is 4.80. The van der Waals surface area contributed by atoms with Gasteiger partial charge in [0.05, 0.1) is 43.4 Å². The second-order valence-corrected chi connectivity index (χ2v) is 7.97. The number of halogens is 2. The number of H-pyrrole nitrogens is 1. The first-order chi connectivity index (χ1) is 16.5. The van der Waals surface area contributed by atoms with Crippen molar-refractivity contribution in [1.82, 2.24) is 29.3 Å². The lowest BCUT2D eigenvalue weighted by Crippen LogP contribution is -2.15.